The summed E-state index contributed by atoms with van der Waals surface area (Å²) in [6.07, 6.45) is 2.38. The maximum Gasteiger partial charge on any atom is 0.410 e. The molecule has 0 aromatic heterocycles. The van der Waals surface area contributed by atoms with Crippen molar-refractivity contribution in [3.63, 3.8) is 0 Å². The SMILES string of the molecule is CC(C)(C)OC(=O)N1CCN(CCOc2ccc(C3(CCc4ccccc4)CC(O)=CC(=O)O3)cc2)CC1. The number of aryl methyl sites for hydroxylation is 1. The number of hydrogen-bond donors (Lipinski definition) is 1. The van der Waals surface area contributed by atoms with Crippen molar-refractivity contribution in [2.75, 3.05) is 39.3 Å². The van der Waals surface area contributed by atoms with Crippen LogP contribution in [0.4, 0.5) is 4.79 Å². The Morgan fingerprint density at radius 1 is 1.03 bits per heavy atom. The zero-order chi connectivity index (χ0) is 27.2. The average Bonchev–Trinajstić information content (AvgIpc) is 2.87. The Morgan fingerprint density at radius 2 is 1.71 bits per heavy atom. The van der Waals surface area contributed by atoms with E-state index in [1.54, 1.807) is 4.90 Å². The Hall–Kier alpha value is -3.52. The highest BCUT2D eigenvalue weighted by atomic mass is 16.6. The van der Waals surface area contributed by atoms with Crippen LogP contribution in [0.1, 0.15) is 44.7 Å². The highest BCUT2D eigenvalue weighted by Gasteiger charge is 2.40. The second-order valence-corrected chi connectivity index (χ2v) is 10.9. The first-order valence-electron chi connectivity index (χ1n) is 13.2. The molecule has 1 unspecified atom stereocenters. The number of carbonyl (C=O) groups excluding carboxylic acids is 2. The topological polar surface area (TPSA) is 88.5 Å². The van der Waals surface area contributed by atoms with Gasteiger partial charge in [0, 0.05) is 39.1 Å². The molecule has 1 N–H and O–H groups in total. The number of piperazine rings is 1. The maximum absolute atomic E-state index is 12.2. The standard InChI is InChI=1S/C30H38N2O6/c1-29(2,3)38-28(35)32-17-15-31(16-18-32)19-20-36-26-11-9-24(10-12-26)30(22-25(33)21-27(34)37-30)14-13-23-7-5-4-6-8-23/h4-12,21,33H,13-20,22H2,1-3H3. The second kappa shape index (κ2) is 11.9. The molecule has 2 aromatic carbocycles. The third-order valence-electron chi connectivity index (χ3n) is 6.79. The van der Waals surface area contributed by atoms with Gasteiger partial charge in [0.2, 0.25) is 0 Å². The maximum atomic E-state index is 12.2. The number of aliphatic hydroxyl groups excluding tert-OH is 1. The highest BCUT2D eigenvalue weighted by Crippen LogP contribution is 2.40. The monoisotopic (exact) mass is 522 g/mol. The number of hydrogen-bond acceptors (Lipinski definition) is 7. The molecule has 1 amide bonds. The van der Waals surface area contributed by atoms with Crippen molar-refractivity contribution in [2.24, 2.45) is 0 Å². The van der Waals surface area contributed by atoms with Crippen LogP contribution in [-0.2, 0) is 26.3 Å². The minimum Gasteiger partial charge on any atom is -0.512 e. The number of aliphatic hydroxyl groups is 1. The van der Waals surface area contributed by atoms with Crippen LogP contribution in [0.5, 0.6) is 5.75 Å². The molecule has 1 atom stereocenters. The quantitative estimate of drug-likeness (QED) is 0.497. The molecule has 0 bridgehead atoms. The molecular formula is C30H38N2O6. The predicted octanol–water partition coefficient (Wildman–Crippen LogP) is 4.84. The van der Waals surface area contributed by atoms with E-state index < -0.39 is 17.2 Å². The van der Waals surface area contributed by atoms with Crippen LogP contribution in [0.25, 0.3) is 0 Å². The van der Waals surface area contributed by atoms with Gasteiger partial charge in [0.15, 0.2) is 0 Å². The summed E-state index contributed by atoms with van der Waals surface area (Å²) in [5.74, 6) is 0.219. The fourth-order valence-corrected chi connectivity index (χ4v) is 4.80. The number of amides is 1. The van der Waals surface area contributed by atoms with Crippen molar-refractivity contribution >= 4 is 12.1 Å². The van der Waals surface area contributed by atoms with Gasteiger partial charge in [0.1, 0.15) is 29.3 Å². The van der Waals surface area contributed by atoms with Gasteiger partial charge in [-0.2, -0.15) is 0 Å². The molecule has 2 aliphatic rings. The zero-order valence-corrected chi connectivity index (χ0v) is 22.5. The van der Waals surface area contributed by atoms with E-state index in [1.807, 2.05) is 75.4 Å². The van der Waals surface area contributed by atoms with E-state index in [1.165, 1.54) is 0 Å². The fourth-order valence-electron chi connectivity index (χ4n) is 4.80. The summed E-state index contributed by atoms with van der Waals surface area (Å²) in [4.78, 5) is 28.5. The lowest BCUT2D eigenvalue weighted by Gasteiger charge is -2.36. The Labute approximate surface area is 224 Å². The number of ether oxygens (including phenoxy) is 3. The first-order chi connectivity index (χ1) is 18.1. The van der Waals surface area contributed by atoms with Crippen LogP contribution in [0, 0.1) is 0 Å². The van der Waals surface area contributed by atoms with Crippen molar-refractivity contribution in [3.8, 4) is 5.75 Å². The summed E-state index contributed by atoms with van der Waals surface area (Å²) < 4.78 is 17.3. The third-order valence-corrected chi connectivity index (χ3v) is 6.79. The summed E-state index contributed by atoms with van der Waals surface area (Å²) in [6.45, 7) is 9.70. The van der Waals surface area contributed by atoms with Crippen molar-refractivity contribution in [1.82, 2.24) is 9.80 Å². The van der Waals surface area contributed by atoms with Crippen molar-refractivity contribution in [3.05, 3.63) is 77.6 Å². The molecule has 38 heavy (non-hydrogen) atoms. The normalized spacial score (nSPS) is 20.4. The molecule has 8 heteroatoms. The molecule has 8 nitrogen and oxygen atoms in total. The van der Waals surface area contributed by atoms with E-state index in [-0.39, 0.29) is 18.3 Å². The van der Waals surface area contributed by atoms with Gasteiger partial charge in [-0.3, -0.25) is 4.90 Å². The van der Waals surface area contributed by atoms with Gasteiger partial charge >= 0.3 is 12.1 Å². The number of rotatable bonds is 8. The average molecular weight is 523 g/mol. The first-order valence-corrected chi connectivity index (χ1v) is 13.2. The van der Waals surface area contributed by atoms with Gasteiger partial charge in [-0.05, 0) is 56.9 Å². The van der Waals surface area contributed by atoms with Crippen LogP contribution < -0.4 is 4.74 Å². The lowest BCUT2D eigenvalue weighted by molar-refractivity contribution is -0.159. The Bertz CT molecular complexity index is 1120. The van der Waals surface area contributed by atoms with E-state index >= 15 is 0 Å². The molecule has 0 aliphatic carbocycles. The number of benzene rings is 2. The Morgan fingerprint density at radius 3 is 2.34 bits per heavy atom. The molecular weight excluding hydrogens is 484 g/mol. The number of carbonyl (C=O) groups is 2. The summed E-state index contributed by atoms with van der Waals surface area (Å²) in [5, 5.41) is 10.3. The summed E-state index contributed by atoms with van der Waals surface area (Å²) >= 11 is 0. The van der Waals surface area contributed by atoms with Gasteiger partial charge in [-0.25, -0.2) is 9.59 Å². The molecule has 1 saturated heterocycles. The van der Waals surface area contributed by atoms with E-state index in [0.717, 1.165) is 42.6 Å². The Balaban J connectivity index is 1.30. The lowest BCUT2D eigenvalue weighted by Crippen LogP contribution is -2.50. The minimum atomic E-state index is -0.932. The van der Waals surface area contributed by atoms with Gasteiger partial charge < -0.3 is 24.2 Å². The van der Waals surface area contributed by atoms with E-state index in [9.17, 15) is 14.7 Å². The number of nitrogens with zero attached hydrogens (tertiary/aromatic N) is 2. The lowest BCUT2D eigenvalue weighted by atomic mass is 9.82. The molecule has 0 spiro atoms. The zero-order valence-electron chi connectivity index (χ0n) is 22.5. The largest absolute Gasteiger partial charge is 0.512 e. The second-order valence-electron chi connectivity index (χ2n) is 10.9. The minimum absolute atomic E-state index is 0.0291. The molecule has 2 aromatic rings. The van der Waals surface area contributed by atoms with Gasteiger partial charge in [-0.15, -0.1) is 0 Å². The van der Waals surface area contributed by atoms with Gasteiger partial charge in [0.05, 0.1) is 6.08 Å². The molecule has 2 heterocycles. The van der Waals surface area contributed by atoms with Crippen LogP contribution in [0.15, 0.2) is 66.4 Å². The fraction of sp³-hybridized carbons (Fsp3) is 0.467. The Kier molecular flexibility index (Phi) is 8.62. The molecule has 2 aliphatic heterocycles. The van der Waals surface area contributed by atoms with Crippen LogP contribution in [-0.4, -0.2) is 71.9 Å². The van der Waals surface area contributed by atoms with Crippen molar-refractivity contribution < 1.29 is 28.9 Å². The van der Waals surface area contributed by atoms with Crippen LogP contribution in [0.2, 0.25) is 0 Å². The molecule has 0 saturated carbocycles. The van der Waals surface area contributed by atoms with E-state index in [0.29, 0.717) is 32.5 Å². The smallest absolute Gasteiger partial charge is 0.410 e. The summed E-state index contributed by atoms with van der Waals surface area (Å²) in [7, 11) is 0. The molecule has 4 rings (SSSR count). The van der Waals surface area contributed by atoms with Crippen LogP contribution >= 0.6 is 0 Å². The van der Waals surface area contributed by atoms with E-state index in [4.69, 9.17) is 14.2 Å². The summed E-state index contributed by atoms with van der Waals surface area (Å²) in [6, 6.07) is 17.6. The van der Waals surface area contributed by atoms with Crippen LogP contribution in [0.3, 0.4) is 0 Å². The third kappa shape index (κ3) is 7.51. The molecule has 1 fully saturated rings. The highest BCUT2D eigenvalue weighted by molar-refractivity contribution is 5.84. The van der Waals surface area contributed by atoms with Crippen molar-refractivity contribution in [1.29, 1.82) is 0 Å². The van der Waals surface area contributed by atoms with E-state index in [2.05, 4.69) is 4.90 Å². The van der Waals surface area contributed by atoms with Crippen molar-refractivity contribution in [2.45, 2.75) is 51.2 Å². The summed E-state index contributed by atoms with van der Waals surface area (Å²) in [5.41, 5.74) is 0.545. The molecule has 0 radical (unpaired) electrons. The number of cyclic esters (lactones) is 1. The number of esters is 1. The molecule has 204 valence electrons. The first kappa shape index (κ1) is 27.5. The predicted molar refractivity (Wildman–Crippen MR) is 144 cm³/mol. The van der Waals surface area contributed by atoms with Gasteiger partial charge in [-0.1, -0.05) is 42.5 Å². The van der Waals surface area contributed by atoms with Gasteiger partial charge in [0.25, 0.3) is 0 Å².